The van der Waals surface area contributed by atoms with Crippen LogP contribution in [0.25, 0.3) is 0 Å². The monoisotopic (exact) mass is 347 g/mol. The van der Waals surface area contributed by atoms with Crippen LogP contribution in [0.1, 0.15) is 0 Å². The van der Waals surface area contributed by atoms with E-state index in [-0.39, 0.29) is 0 Å². The van der Waals surface area contributed by atoms with Crippen molar-refractivity contribution in [3.8, 4) is 0 Å². The van der Waals surface area contributed by atoms with Crippen LogP contribution in [0.4, 0.5) is 17.3 Å². The number of thiol groups is 1. The van der Waals surface area contributed by atoms with E-state index in [9.17, 15) is 0 Å². The minimum atomic E-state index is 0.809. The molecule has 24 heavy (non-hydrogen) atoms. The fourth-order valence-electron chi connectivity index (χ4n) is 2.33. The zero-order valence-corrected chi connectivity index (χ0v) is 15.8. The van der Waals surface area contributed by atoms with Crippen LogP contribution in [-0.2, 0) is 14.1 Å². The Balaban J connectivity index is 1.95. The molecule has 130 valence electrons. The van der Waals surface area contributed by atoms with Crippen LogP contribution >= 0.6 is 12.6 Å². The summed E-state index contributed by atoms with van der Waals surface area (Å²) in [6.45, 7) is 3.00. The van der Waals surface area contributed by atoms with Crippen molar-refractivity contribution in [1.29, 1.82) is 0 Å². The third kappa shape index (κ3) is 5.07. The second kappa shape index (κ2) is 8.84. The smallest absolute Gasteiger partial charge is 0.373 e. The fourth-order valence-corrected chi connectivity index (χ4v) is 2.67. The summed E-state index contributed by atoms with van der Waals surface area (Å²) in [5.41, 5.74) is 2.03. The third-order valence-electron chi connectivity index (χ3n) is 3.99. The van der Waals surface area contributed by atoms with Gasteiger partial charge in [-0.25, -0.2) is 9.13 Å². The standard InChI is InChI=1S/C17H26N6S/c1-20(13-14-24)9-10-21(2)16-7-5-15(6-8-16)18-19-17-22(3)11-12-23(17)4/h5-8,11-12H,9-10,13-14H2,1-4H3/p+1. The second-order valence-electron chi connectivity index (χ2n) is 5.98. The van der Waals surface area contributed by atoms with Gasteiger partial charge in [-0.05, 0) is 31.3 Å². The van der Waals surface area contributed by atoms with Crippen molar-refractivity contribution in [1.82, 2.24) is 9.47 Å². The number of rotatable bonds is 8. The summed E-state index contributed by atoms with van der Waals surface area (Å²) in [5.74, 6) is 1.70. The molecule has 0 radical (unpaired) electrons. The third-order valence-corrected chi connectivity index (χ3v) is 4.19. The predicted molar refractivity (Wildman–Crippen MR) is 102 cm³/mol. The SMILES string of the molecule is CN(CCS)CCN(C)c1ccc(N=Nc2n(C)cc[n+]2C)cc1. The van der Waals surface area contributed by atoms with Crippen LogP contribution < -0.4 is 9.47 Å². The molecule has 7 heteroatoms. The predicted octanol–water partition coefficient (Wildman–Crippen LogP) is 2.56. The quantitative estimate of drug-likeness (QED) is 0.453. The molecule has 0 unspecified atom stereocenters. The Morgan fingerprint density at radius 2 is 1.79 bits per heavy atom. The van der Waals surface area contributed by atoms with Crippen molar-refractivity contribution in [3.63, 3.8) is 0 Å². The van der Waals surface area contributed by atoms with Crippen molar-refractivity contribution < 1.29 is 4.57 Å². The number of likely N-dealkylation sites (N-methyl/N-ethyl adjacent to an activating group) is 2. The second-order valence-corrected chi connectivity index (χ2v) is 6.43. The normalized spacial score (nSPS) is 11.6. The number of imidazole rings is 1. The molecule has 0 fully saturated rings. The highest BCUT2D eigenvalue weighted by molar-refractivity contribution is 7.80. The van der Waals surface area contributed by atoms with E-state index in [2.05, 4.69) is 58.9 Å². The topological polar surface area (TPSA) is 40.0 Å². The van der Waals surface area contributed by atoms with Gasteiger partial charge in [-0.2, -0.15) is 12.6 Å². The average Bonchev–Trinajstić information content (AvgIpc) is 2.90. The number of aryl methyl sites for hydroxylation is 2. The molecule has 2 aromatic rings. The maximum Gasteiger partial charge on any atom is 0.421 e. The number of aromatic nitrogens is 2. The molecule has 0 amide bonds. The highest BCUT2D eigenvalue weighted by Gasteiger charge is 2.10. The Morgan fingerprint density at radius 1 is 1.08 bits per heavy atom. The highest BCUT2D eigenvalue weighted by atomic mass is 32.1. The summed E-state index contributed by atoms with van der Waals surface area (Å²) in [7, 11) is 8.14. The lowest BCUT2D eigenvalue weighted by atomic mass is 10.2. The van der Waals surface area contributed by atoms with Gasteiger partial charge in [0.15, 0.2) is 0 Å². The van der Waals surface area contributed by atoms with E-state index < -0.39 is 0 Å². The zero-order valence-electron chi connectivity index (χ0n) is 14.9. The van der Waals surface area contributed by atoms with Crippen molar-refractivity contribution in [2.45, 2.75) is 0 Å². The Bertz CT molecular complexity index is 645. The minimum Gasteiger partial charge on any atom is -0.373 e. The van der Waals surface area contributed by atoms with E-state index >= 15 is 0 Å². The summed E-state index contributed by atoms with van der Waals surface area (Å²) in [6, 6.07) is 8.15. The highest BCUT2D eigenvalue weighted by Crippen LogP contribution is 2.20. The van der Waals surface area contributed by atoms with E-state index in [4.69, 9.17) is 0 Å². The first-order chi connectivity index (χ1) is 11.5. The van der Waals surface area contributed by atoms with Crippen LogP contribution in [0.2, 0.25) is 0 Å². The van der Waals surface area contributed by atoms with Gasteiger partial charge in [-0.15, -0.1) is 0 Å². The van der Waals surface area contributed by atoms with Gasteiger partial charge in [-0.3, -0.25) is 0 Å². The van der Waals surface area contributed by atoms with Crippen molar-refractivity contribution in [2.75, 3.05) is 44.4 Å². The summed E-state index contributed by atoms with van der Waals surface area (Å²) in [6.07, 6.45) is 3.91. The molecule has 0 aliphatic heterocycles. The van der Waals surface area contributed by atoms with Crippen molar-refractivity contribution >= 4 is 30.0 Å². The van der Waals surface area contributed by atoms with Gasteiger partial charge in [0.05, 0.1) is 26.5 Å². The molecule has 6 nitrogen and oxygen atoms in total. The summed E-state index contributed by atoms with van der Waals surface area (Å²) in [5, 5.41) is 8.63. The Morgan fingerprint density at radius 3 is 2.38 bits per heavy atom. The lowest BCUT2D eigenvalue weighted by molar-refractivity contribution is -0.657. The first kappa shape index (κ1) is 18.5. The van der Waals surface area contributed by atoms with Gasteiger partial charge >= 0.3 is 5.95 Å². The molecule has 1 aromatic carbocycles. The first-order valence-electron chi connectivity index (χ1n) is 8.04. The molecule has 0 saturated carbocycles. The molecule has 0 saturated heterocycles. The molecular formula is C17H27N6S+. The van der Waals surface area contributed by atoms with Crippen LogP contribution in [0.3, 0.4) is 0 Å². The lowest BCUT2D eigenvalue weighted by Crippen LogP contribution is -2.31. The van der Waals surface area contributed by atoms with E-state index in [0.29, 0.717) is 0 Å². The number of nitrogens with zero attached hydrogens (tertiary/aromatic N) is 6. The Kier molecular flexibility index (Phi) is 6.81. The molecule has 0 atom stereocenters. The van der Waals surface area contributed by atoms with Crippen molar-refractivity contribution in [3.05, 3.63) is 36.7 Å². The van der Waals surface area contributed by atoms with Crippen LogP contribution in [0.15, 0.2) is 46.9 Å². The summed E-state index contributed by atoms with van der Waals surface area (Å²) >= 11 is 4.26. The van der Waals surface area contributed by atoms with Gasteiger partial charge in [0, 0.05) is 43.2 Å². The van der Waals surface area contributed by atoms with Gasteiger partial charge in [0.2, 0.25) is 0 Å². The molecular weight excluding hydrogens is 320 g/mol. The van der Waals surface area contributed by atoms with E-state index in [1.54, 1.807) is 0 Å². The minimum absolute atomic E-state index is 0.809. The maximum absolute atomic E-state index is 4.32. The number of anilines is 1. The fraction of sp³-hybridized carbons (Fsp3) is 0.471. The maximum atomic E-state index is 4.32. The van der Waals surface area contributed by atoms with Crippen LogP contribution in [0, 0.1) is 0 Å². The number of hydrogen-bond donors (Lipinski definition) is 1. The molecule has 0 aliphatic carbocycles. The molecule has 0 bridgehead atoms. The number of azo groups is 1. The largest absolute Gasteiger partial charge is 0.421 e. The molecule has 0 spiro atoms. The zero-order chi connectivity index (χ0) is 17.5. The lowest BCUT2D eigenvalue weighted by Gasteiger charge is -2.23. The molecule has 1 aromatic heterocycles. The van der Waals surface area contributed by atoms with Gasteiger partial charge in [0.1, 0.15) is 5.69 Å². The molecule has 1 heterocycles. The summed E-state index contributed by atoms with van der Waals surface area (Å²) in [4.78, 5) is 4.53. The van der Waals surface area contributed by atoms with Crippen molar-refractivity contribution in [2.24, 2.45) is 24.3 Å². The van der Waals surface area contributed by atoms with Crippen LogP contribution in [-0.4, -0.2) is 48.9 Å². The average molecular weight is 348 g/mol. The van der Waals surface area contributed by atoms with Gasteiger partial charge < -0.3 is 9.80 Å². The summed E-state index contributed by atoms with van der Waals surface area (Å²) < 4.78 is 3.87. The molecule has 0 N–H and O–H groups in total. The van der Waals surface area contributed by atoms with E-state index in [0.717, 1.165) is 37.0 Å². The van der Waals surface area contributed by atoms with Gasteiger partial charge in [-0.1, -0.05) is 5.11 Å². The van der Waals surface area contributed by atoms with E-state index in [1.807, 2.05) is 47.8 Å². The van der Waals surface area contributed by atoms with Crippen LogP contribution in [0.5, 0.6) is 0 Å². The number of hydrogen-bond acceptors (Lipinski definition) is 5. The number of benzene rings is 1. The van der Waals surface area contributed by atoms with Gasteiger partial charge in [0.25, 0.3) is 0 Å². The first-order valence-corrected chi connectivity index (χ1v) is 8.68. The Labute approximate surface area is 149 Å². The van der Waals surface area contributed by atoms with E-state index in [1.165, 1.54) is 5.69 Å². The Hall–Kier alpha value is -1.86. The molecule has 0 aliphatic rings. The molecule has 2 rings (SSSR count).